The highest BCUT2D eigenvalue weighted by atomic mass is 32.3. The van der Waals surface area contributed by atoms with Crippen LogP contribution >= 0.6 is 0 Å². The van der Waals surface area contributed by atoms with Gasteiger partial charge in [0.2, 0.25) is 0 Å². The molecule has 0 aliphatic rings. The molecule has 0 fully saturated rings. The predicted molar refractivity (Wildman–Crippen MR) is 37.8 cm³/mol. The van der Waals surface area contributed by atoms with Gasteiger partial charge in [0.25, 0.3) is 0 Å². The van der Waals surface area contributed by atoms with Crippen molar-refractivity contribution in [2.45, 2.75) is 0 Å². The molecule has 5 N–H and O–H groups in total. The minimum atomic E-state index is -4.67. The van der Waals surface area contributed by atoms with Crippen LogP contribution in [0.25, 0.3) is 0 Å². The highest BCUT2D eigenvalue weighted by Gasteiger charge is 1.97. The molecule has 0 radical (unpaired) electrons. The Morgan fingerprint density at radius 2 is 1.46 bits per heavy atom. The van der Waals surface area contributed by atoms with Crippen molar-refractivity contribution in [3.63, 3.8) is 0 Å². The summed E-state index contributed by atoms with van der Waals surface area (Å²) in [6.45, 7) is -0.546. The zero-order valence-corrected chi connectivity index (χ0v) is 6.85. The van der Waals surface area contributed by atoms with Crippen LogP contribution in [0.2, 0.25) is 0 Å². The molecule has 0 aromatic carbocycles. The van der Waals surface area contributed by atoms with Gasteiger partial charge in [0.1, 0.15) is 6.54 Å². The average molecular weight is 217 g/mol. The predicted octanol–water partition coefficient (Wildman–Crippen LogP) is -1.31. The first-order valence-corrected chi connectivity index (χ1v) is 3.91. The molecule has 0 bridgehead atoms. The summed E-state index contributed by atoms with van der Waals surface area (Å²) in [5.41, 5.74) is 0. The number of aliphatic carboxylic acids is 1. The van der Waals surface area contributed by atoms with Crippen molar-refractivity contribution in [3.8, 4) is 0 Å². The maximum absolute atomic E-state index is 9.58. The SMILES string of the molecule is O=C(O)CNC(=O)O.O=S(=O)(O)O. The van der Waals surface area contributed by atoms with E-state index in [1.54, 1.807) is 5.32 Å². The fourth-order valence-electron chi connectivity index (χ4n) is 0.151. The average Bonchev–Trinajstić information content (AvgIpc) is 1.79. The van der Waals surface area contributed by atoms with Crippen LogP contribution in [0.3, 0.4) is 0 Å². The summed E-state index contributed by atoms with van der Waals surface area (Å²) >= 11 is 0. The third-order valence-electron chi connectivity index (χ3n) is 0.391. The molecule has 0 spiro atoms. The maximum atomic E-state index is 9.58. The summed E-state index contributed by atoms with van der Waals surface area (Å²) in [7, 11) is -4.67. The van der Waals surface area contributed by atoms with Crippen LogP contribution in [0.15, 0.2) is 0 Å². The molecule has 0 atom stereocenters. The second-order valence-electron chi connectivity index (χ2n) is 1.50. The van der Waals surface area contributed by atoms with E-state index in [-0.39, 0.29) is 0 Å². The highest BCUT2D eigenvalue weighted by molar-refractivity contribution is 7.79. The second-order valence-corrected chi connectivity index (χ2v) is 2.40. The van der Waals surface area contributed by atoms with Crippen molar-refractivity contribution in [1.29, 1.82) is 0 Å². The van der Waals surface area contributed by atoms with E-state index in [1.807, 2.05) is 0 Å². The Hall–Kier alpha value is -1.39. The zero-order valence-electron chi connectivity index (χ0n) is 6.04. The van der Waals surface area contributed by atoms with Gasteiger partial charge in [-0.1, -0.05) is 0 Å². The molecule has 13 heavy (non-hydrogen) atoms. The summed E-state index contributed by atoms with van der Waals surface area (Å²) in [6.07, 6.45) is -1.33. The van der Waals surface area contributed by atoms with Crippen LogP contribution in [-0.4, -0.2) is 46.3 Å². The summed E-state index contributed by atoms with van der Waals surface area (Å²) in [6, 6.07) is 0. The van der Waals surface area contributed by atoms with Gasteiger partial charge >= 0.3 is 22.5 Å². The van der Waals surface area contributed by atoms with E-state index in [0.29, 0.717) is 0 Å². The molecule has 0 aliphatic carbocycles. The van der Waals surface area contributed by atoms with E-state index in [9.17, 15) is 9.59 Å². The molecule has 0 aromatic heterocycles. The fraction of sp³-hybridized carbons (Fsp3) is 0.333. The van der Waals surface area contributed by atoms with E-state index in [1.165, 1.54) is 0 Å². The van der Waals surface area contributed by atoms with Gasteiger partial charge in [-0.05, 0) is 0 Å². The number of rotatable bonds is 2. The standard InChI is InChI=1S/C3H5NO4.H2O4S/c5-2(6)1-4-3(7)8;1-5(2,3)4/h4H,1H2,(H,5,6)(H,7,8);(H2,1,2,3,4). The number of hydrogen-bond donors (Lipinski definition) is 5. The van der Waals surface area contributed by atoms with Crippen LogP contribution in [0.1, 0.15) is 0 Å². The van der Waals surface area contributed by atoms with Crippen molar-refractivity contribution >= 4 is 22.5 Å². The molecule has 0 unspecified atom stereocenters. The Morgan fingerprint density at radius 1 is 1.15 bits per heavy atom. The molecule has 78 valence electrons. The van der Waals surface area contributed by atoms with Crippen LogP contribution < -0.4 is 5.32 Å². The van der Waals surface area contributed by atoms with Crippen molar-refractivity contribution in [1.82, 2.24) is 5.32 Å². The van der Waals surface area contributed by atoms with Gasteiger partial charge in [-0.25, -0.2) is 4.79 Å². The number of amides is 1. The summed E-state index contributed by atoms with van der Waals surface area (Å²) in [5, 5.41) is 17.3. The van der Waals surface area contributed by atoms with Crippen LogP contribution in [0, 0.1) is 0 Å². The highest BCUT2D eigenvalue weighted by Crippen LogP contribution is 1.60. The molecule has 0 saturated heterocycles. The van der Waals surface area contributed by atoms with E-state index >= 15 is 0 Å². The van der Waals surface area contributed by atoms with E-state index < -0.39 is 29.0 Å². The Kier molecular flexibility index (Phi) is 6.71. The Morgan fingerprint density at radius 3 is 1.54 bits per heavy atom. The maximum Gasteiger partial charge on any atom is 0.405 e. The van der Waals surface area contributed by atoms with E-state index in [0.717, 1.165) is 0 Å². The zero-order chi connectivity index (χ0) is 11.1. The lowest BCUT2D eigenvalue weighted by molar-refractivity contribution is -0.135. The summed E-state index contributed by atoms with van der Waals surface area (Å²) in [5.74, 6) is -1.19. The first-order valence-electron chi connectivity index (χ1n) is 2.51. The molecular weight excluding hydrogens is 210 g/mol. The van der Waals surface area contributed by atoms with E-state index in [4.69, 9.17) is 27.7 Å². The van der Waals surface area contributed by atoms with Crippen molar-refractivity contribution in [3.05, 3.63) is 0 Å². The molecule has 0 heterocycles. The quantitative estimate of drug-likeness (QED) is 0.356. The molecule has 10 heteroatoms. The summed E-state index contributed by atoms with van der Waals surface area (Å²) in [4.78, 5) is 19.1. The Labute approximate surface area is 72.6 Å². The molecular formula is C3H7NO8S. The lowest BCUT2D eigenvalue weighted by Gasteiger charge is -1.90. The van der Waals surface area contributed by atoms with E-state index in [2.05, 4.69) is 0 Å². The largest absolute Gasteiger partial charge is 0.480 e. The molecule has 1 amide bonds. The first kappa shape index (κ1) is 14.2. The second kappa shape index (κ2) is 6.16. The third-order valence-corrected chi connectivity index (χ3v) is 0.391. The van der Waals surface area contributed by atoms with Gasteiger partial charge < -0.3 is 15.5 Å². The number of nitrogens with one attached hydrogen (secondary N) is 1. The number of carbonyl (C=O) groups is 2. The van der Waals surface area contributed by atoms with Gasteiger partial charge in [0.15, 0.2) is 0 Å². The lowest BCUT2D eigenvalue weighted by atomic mass is 10.7. The Bertz CT molecular complexity index is 245. The molecule has 0 saturated carbocycles. The molecule has 0 rings (SSSR count). The summed E-state index contributed by atoms with van der Waals surface area (Å²) < 4.78 is 31.6. The van der Waals surface area contributed by atoms with Crippen LogP contribution in [0.5, 0.6) is 0 Å². The number of hydrogen-bond acceptors (Lipinski definition) is 4. The van der Waals surface area contributed by atoms with Crippen molar-refractivity contribution < 1.29 is 37.3 Å². The number of carboxylic acids is 1. The Balaban J connectivity index is 0. The fourth-order valence-corrected chi connectivity index (χ4v) is 0.151. The topological polar surface area (TPSA) is 161 Å². The molecule has 0 aliphatic heterocycles. The third kappa shape index (κ3) is 60.4. The van der Waals surface area contributed by atoms with Gasteiger partial charge in [-0.15, -0.1) is 0 Å². The van der Waals surface area contributed by atoms with Gasteiger partial charge in [0, 0.05) is 0 Å². The normalized spacial score (nSPS) is 9.38. The minimum Gasteiger partial charge on any atom is -0.480 e. The lowest BCUT2D eigenvalue weighted by Crippen LogP contribution is -2.27. The molecule has 9 nitrogen and oxygen atoms in total. The van der Waals surface area contributed by atoms with Crippen LogP contribution in [-0.2, 0) is 15.2 Å². The van der Waals surface area contributed by atoms with Crippen molar-refractivity contribution in [2.75, 3.05) is 6.54 Å². The van der Waals surface area contributed by atoms with Crippen molar-refractivity contribution in [2.24, 2.45) is 0 Å². The smallest absolute Gasteiger partial charge is 0.405 e. The van der Waals surface area contributed by atoms with Gasteiger partial charge in [-0.3, -0.25) is 13.9 Å². The first-order chi connectivity index (χ1) is 5.63. The van der Waals surface area contributed by atoms with Crippen LogP contribution in [0.4, 0.5) is 4.79 Å². The van der Waals surface area contributed by atoms with Gasteiger partial charge in [-0.2, -0.15) is 8.42 Å². The van der Waals surface area contributed by atoms with Gasteiger partial charge in [0.05, 0.1) is 0 Å². The monoisotopic (exact) mass is 217 g/mol. The molecule has 0 aromatic rings. The minimum absolute atomic E-state index is 0.546. The number of carboxylic acid groups (broad SMARTS) is 2.